The average molecular weight is 403 g/mol. The van der Waals surface area contributed by atoms with E-state index in [4.69, 9.17) is 5.73 Å². The Kier molecular flexibility index (Phi) is 4.26. The van der Waals surface area contributed by atoms with Gasteiger partial charge in [0.05, 0.1) is 6.54 Å². The first-order valence-corrected chi connectivity index (χ1v) is 8.82. The van der Waals surface area contributed by atoms with Gasteiger partial charge in [-0.05, 0) is 24.5 Å². The molecule has 0 radical (unpaired) electrons. The van der Waals surface area contributed by atoms with Gasteiger partial charge in [0.15, 0.2) is 0 Å². The van der Waals surface area contributed by atoms with Crippen LogP contribution in [-0.2, 0) is 12.1 Å². The molecule has 10 heteroatoms. The minimum absolute atomic E-state index is 0.00914. The second-order valence-electron chi connectivity index (χ2n) is 7.03. The molecule has 1 atom stereocenters. The number of hydrogen-bond donors (Lipinski definition) is 3. The lowest BCUT2D eigenvalue weighted by Gasteiger charge is -2.37. The Bertz CT molecular complexity index is 1110. The number of fused-ring (bicyclic) bond motifs is 1. The highest BCUT2D eigenvalue weighted by Gasteiger charge is 2.59. The summed E-state index contributed by atoms with van der Waals surface area (Å²) in [4.78, 5) is 27.8. The number of nitrogen functional groups attached to an aromatic ring is 1. The van der Waals surface area contributed by atoms with Gasteiger partial charge in [-0.25, -0.2) is 9.78 Å². The minimum atomic E-state index is -4.82. The second kappa shape index (κ2) is 6.55. The van der Waals surface area contributed by atoms with Gasteiger partial charge in [0.1, 0.15) is 12.1 Å². The van der Waals surface area contributed by atoms with E-state index in [0.717, 1.165) is 18.9 Å². The molecule has 1 fully saturated rings. The van der Waals surface area contributed by atoms with E-state index in [2.05, 4.69) is 22.1 Å². The Morgan fingerprint density at radius 1 is 1.28 bits per heavy atom. The number of amides is 2. The number of halogens is 3. The lowest BCUT2D eigenvalue weighted by molar-refractivity contribution is -0.178. The molecule has 2 heterocycles. The van der Waals surface area contributed by atoms with E-state index in [-0.39, 0.29) is 29.5 Å². The molecule has 1 saturated carbocycles. The van der Waals surface area contributed by atoms with E-state index in [1.807, 2.05) is 5.32 Å². The fourth-order valence-electron chi connectivity index (χ4n) is 3.10. The molecule has 1 aromatic carbocycles. The Hall–Kier alpha value is -3.48. The summed E-state index contributed by atoms with van der Waals surface area (Å²) < 4.78 is 43.4. The van der Waals surface area contributed by atoms with Crippen molar-refractivity contribution in [2.75, 3.05) is 11.1 Å². The number of nitrogens with two attached hydrogens (primary N) is 1. The number of carbonyl (C=O) groups is 1. The van der Waals surface area contributed by atoms with Gasteiger partial charge in [-0.2, -0.15) is 13.2 Å². The van der Waals surface area contributed by atoms with Gasteiger partial charge in [-0.3, -0.25) is 9.36 Å². The van der Waals surface area contributed by atoms with E-state index >= 15 is 0 Å². The van der Waals surface area contributed by atoms with Crippen LogP contribution in [0.4, 0.5) is 29.5 Å². The van der Waals surface area contributed by atoms with Gasteiger partial charge < -0.3 is 16.4 Å². The summed E-state index contributed by atoms with van der Waals surface area (Å²) in [5.74, 6) is 4.90. The molecule has 0 saturated heterocycles. The van der Waals surface area contributed by atoms with Gasteiger partial charge in [0.2, 0.25) is 5.54 Å². The quantitative estimate of drug-likeness (QED) is 0.669. The number of nitrogens with one attached hydrogen (secondary N) is 2. The van der Waals surface area contributed by atoms with Crippen LogP contribution in [0.1, 0.15) is 24.0 Å². The molecular formula is C19H16F3N5O2. The Balaban J connectivity index is 1.77. The molecule has 2 aromatic rings. The third-order valence-electron chi connectivity index (χ3n) is 4.76. The standard InChI is InChI=1S/C19H16F3N5O2/c20-19(21,22)18(6-5-11-1-2-11)13-4-3-12(7-14(13)25-17(29)26-18)9-27-10-24-15(23)8-16(27)28/h3-4,7-8,10-11H,1-2,9,23H2,(H2,25,26,29). The number of rotatable bonds is 2. The predicted molar refractivity (Wildman–Crippen MR) is 98.8 cm³/mol. The van der Waals surface area contributed by atoms with Crippen molar-refractivity contribution in [2.24, 2.45) is 5.92 Å². The van der Waals surface area contributed by atoms with Gasteiger partial charge in [0.25, 0.3) is 5.56 Å². The molecule has 4 N–H and O–H groups in total. The van der Waals surface area contributed by atoms with Crippen molar-refractivity contribution in [3.8, 4) is 11.8 Å². The maximum atomic E-state index is 14.0. The van der Waals surface area contributed by atoms with Crippen molar-refractivity contribution < 1.29 is 18.0 Å². The zero-order valence-corrected chi connectivity index (χ0v) is 15.0. The smallest absolute Gasteiger partial charge is 0.383 e. The van der Waals surface area contributed by atoms with E-state index in [9.17, 15) is 22.8 Å². The molecule has 29 heavy (non-hydrogen) atoms. The normalized spacial score (nSPS) is 20.7. The average Bonchev–Trinajstić information content (AvgIpc) is 3.45. The van der Waals surface area contributed by atoms with E-state index in [1.54, 1.807) is 0 Å². The summed E-state index contributed by atoms with van der Waals surface area (Å²) in [6, 6.07) is 4.27. The number of aromatic nitrogens is 2. The van der Waals surface area contributed by atoms with Crippen LogP contribution in [0.15, 0.2) is 35.4 Å². The van der Waals surface area contributed by atoms with Gasteiger partial charge in [-0.1, -0.05) is 24.0 Å². The first-order chi connectivity index (χ1) is 13.7. The first-order valence-electron chi connectivity index (χ1n) is 8.82. The molecule has 2 aliphatic rings. The van der Waals surface area contributed by atoms with Crippen molar-refractivity contribution in [1.29, 1.82) is 0 Å². The summed E-state index contributed by atoms with van der Waals surface area (Å²) in [5.41, 5.74) is 2.57. The monoisotopic (exact) mass is 403 g/mol. The lowest BCUT2D eigenvalue weighted by Crippen LogP contribution is -2.59. The Labute approximate surface area is 163 Å². The van der Waals surface area contributed by atoms with Crippen LogP contribution < -0.4 is 21.9 Å². The summed E-state index contributed by atoms with van der Waals surface area (Å²) in [6.45, 7) is 0.0511. The summed E-state index contributed by atoms with van der Waals surface area (Å²) in [6.07, 6.45) is -2.06. The van der Waals surface area contributed by atoms with Crippen LogP contribution in [0.3, 0.4) is 0 Å². The van der Waals surface area contributed by atoms with E-state index in [1.165, 1.54) is 29.1 Å². The third-order valence-corrected chi connectivity index (χ3v) is 4.76. The molecule has 2 amide bonds. The molecule has 1 aliphatic heterocycles. The number of hydrogen-bond acceptors (Lipinski definition) is 4. The van der Waals surface area contributed by atoms with Gasteiger partial charge >= 0.3 is 12.2 Å². The van der Waals surface area contributed by atoms with Crippen molar-refractivity contribution in [3.05, 3.63) is 52.1 Å². The largest absolute Gasteiger partial charge is 0.427 e. The maximum absolute atomic E-state index is 14.0. The fourth-order valence-corrected chi connectivity index (χ4v) is 3.10. The highest BCUT2D eigenvalue weighted by atomic mass is 19.4. The molecule has 150 valence electrons. The van der Waals surface area contributed by atoms with Crippen LogP contribution in [0.2, 0.25) is 0 Å². The van der Waals surface area contributed by atoms with Crippen molar-refractivity contribution >= 4 is 17.5 Å². The van der Waals surface area contributed by atoms with Crippen LogP contribution in [-0.4, -0.2) is 21.8 Å². The number of anilines is 2. The molecule has 0 bridgehead atoms. The number of alkyl halides is 3. The number of carbonyl (C=O) groups excluding carboxylic acids is 1. The lowest BCUT2D eigenvalue weighted by atomic mass is 9.85. The third kappa shape index (κ3) is 3.51. The highest BCUT2D eigenvalue weighted by Crippen LogP contribution is 2.44. The fraction of sp³-hybridized carbons (Fsp3) is 0.316. The zero-order valence-electron chi connectivity index (χ0n) is 15.0. The molecule has 1 unspecified atom stereocenters. The molecule has 7 nitrogen and oxygen atoms in total. The number of urea groups is 1. The van der Waals surface area contributed by atoms with Crippen LogP contribution in [0, 0.1) is 17.8 Å². The summed E-state index contributed by atoms with van der Waals surface area (Å²) in [7, 11) is 0. The van der Waals surface area contributed by atoms with Crippen LogP contribution in [0.5, 0.6) is 0 Å². The number of benzene rings is 1. The van der Waals surface area contributed by atoms with E-state index in [0.29, 0.717) is 5.56 Å². The minimum Gasteiger partial charge on any atom is -0.383 e. The number of nitrogens with zero attached hydrogens (tertiary/aromatic N) is 2. The molecule has 4 rings (SSSR count). The van der Waals surface area contributed by atoms with Crippen molar-refractivity contribution in [2.45, 2.75) is 31.1 Å². The molecule has 0 spiro atoms. The van der Waals surface area contributed by atoms with Crippen molar-refractivity contribution in [1.82, 2.24) is 14.9 Å². The van der Waals surface area contributed by atoms with Crippen LogP contribution in [0.25, 0.3) is 0 Å². The first kappa shape index (κ1) is 18.9. The Morgan fingerprint density at radius 3 is 2.69 bits per heavy atom. The topological polar surface area (TPSA) is 102 Å². The van der Waals surface area contributed by atoms with Crippen LogP contribution >= 0.6 is 0 Å². The maximum Gasteiger partial charge on any atom is 0.427 e. The summed E-state index contributed by atoms with van der Waals surface area (Å²) in [5, 5.41) is 4.36. The second-order valence-corrected chi connectivity index (χ2v) is 7.03. The van der Waals surface area contributed by atoms with Gasteiger partial charge in [0, 0.05) is 23.2 Å². The zero-order chi connectivity index (χ0) is 20.8. The summed E-state index contributed by atoms with van der Waals surface area (Å²) >= 11 is 0. The molecule has 1 aromatic heterocycles. The Morgan fingerprint density at radius 2 is 2.03 bits per heavy atom. The molecular weight excluding hydrogens is 387 g/mol. The van der Waals surface area contributed by atoms with Crippen molar-refractivity contribution in [3.63, 3.8) is 0 Å². The highest BCUT2D eigenvalue weighted by molar-refractivity contribution is 5.95. The van der Waals surface area contributed by atoms with E-state index < -0.39 is 23.3 Å². The van der Waals surface area contributed by atoms with Gasteiger partial charge in [-0.15, -0.1) is 0 Å². The molecule has 1 aliphatic carbocycles. The predicted octanol–water partition coefficient (Wildman–Crippen LogP) is 2.18. The SMILES string of the molecule is Nc1cc(=O)n(Cc2ccc3c(c2)NC(=O)NC3(C#CC2CC2)C(F)(F)F)cn1.